The van der Waals surface area contributed by atoms with E-state index in [2.05, 4.69) is 26.7 Å². The molecule has 0 bridgehead atoms. The van der Waals surface area contributed by atoms with Crippen molar-refractivity contribution in [2.24, 2.45) is 0 Å². The van der Waals surface area contributed by atoms with Gasteiger partial charge in [-0.15, -0.1) is 0 Å². The number of benzene rings is 2. The molecule has 2 N–H and O–H groups in total. The molecule has 0 atom stereocenters. The second kappa shape index (κ2) is 7.48. The van der Waals surface area contributed by atoms with Gasteiger partial charge in [-0.25, -0.2) is 9.97 Å². The van der Waals surface area contributed by atoms with E-state index in [1.54, 1.807) is 13.1 Å². The lowest BCUT2D eigenvalue weighted by molar-refractivity contribution is -0.116. The summed E-state index contributed by atoms with van der Waals surface area (Å²) in [5, 5.41) is 7.82. The van der Waals surface area contributed by atoms with E-state index in [0.717, 1.165) is 46.7 Å². The van der Waals surface area contributed by atoms with E-state index >= 15 is 0 Å². The number of carbonyl (C=O) groups excluding carboxylic acids is 1. The minimum atomic E-state index is 0.0578. The van der Waals surface area contributed by atoms with Gasteiger partial charge >= 0.3 is 0 Å². The van der Waals surface area contributed by atoms with Crippen LogP contribution in [0, 0.1) is 0 Å². The van der Waals surface area contributed by atoms with Gasteiger partial charge in [0.1, 0.15) is 11.6 Å². The first-order valence-corrected chi connectivity index (χ1v) is 9.93. The van der Waals surface area contributed by atoms with Gasteiger partial charge in [0.15, 0.2) is 0 Å². The van der Waals surface area contributed by atoms with Crippen LogP contribution in [0.1, 0.15) is 12.5 Å². The number of nitrogens with zero attached hydrogens (tertiary/aromatic N) is 3. The van der Waals surface area contributed by atoms with Crippen LogP contribution in [0.3, 0.4) is 0 Å². The summed E-state index contributed by atoms with van der Waals surface area (Å²) >= 11 is 0. The summed E-state index contributed by atoms with van der Waals surface area (Å²) in [6.45, 7) is 2.33. The molecule has 1 aliphatic heterocycles. The second-order valence-electron chi connectivity index (χ2n) is 7.30. The molecule has 2 aromatic carbocycles. The van der Waals surface area contributed by atoms with Gasteiger partial charge < -0.3 is 15.5 Å². The Morgan fingerprint density at radius 3 is 2.77 bits per heavy atom. The lowest BCUT2D eigenvalue weighted by Gasteiger charge is -2.19. The zero-order valence-corrected chi connectivity index (χ0v) is 16.6. The number of rotatable bonds is 4. The van der Waals surface area contributed by atoms with Gasteiger partial charge in [-0.05, 0) is 42.3 Å². The summed E-state index contributed by atoms with van der Waals surface area (Å²) in [6, 6.07) is 21.9. The molecular weight excluding hydrogens is 374 g/mol. The van der Waals surface area contributed by atoms with Gasteiger partial charge in [0.05, 0.1) is 16.9 Å². The zero-order chi connectivity index (χ0) is 20.5. The molecule has 0 saturated heterocycles. The zero-order valence-electron chi connectivity index (χ0n) is 16.6. The van der Waals surface area contributed by atoms with Gasteiger partial charge in [-0.2, -0.15) is 0 Å². The van der Waals surface area contributed by atoms with Gasteiger partial charge in [0.2, 0.25) is 5.91 Å². The minimum absolute atomic E-state index is 0.0578. The van der Waals surface area contributed by atoms with E-state index in [-0.39, 0.29) is 5.91 Å². The first kappa shape index (κ1) is 18.1. The van der Waals surface area contributed by atoms with Crippen molar-refractivity contribution < 1.29 is 4.79 Å². The van der Waals surface area contributed by atoms with E-state index in [1.165, 1.54) is 5.56 Å². The molecule has 1 amide bonds. The predicted octanol–water partition coefficient (Wildman–Crippen LogP) is 5.03. The third kappa shape index (κ3) is 3.43. The number of anilines is 5. The standard InChI is InChI=1S/C24H21N5O/c1-16(30)29-14-12-18-6-4-8-21(24(18)29)26-19-11-13-25-23(15-19)28-22-10-9-17-5-2-3-7-20(17)27-22/h2-11,13,15H,12,14H2,1H3,(H2,25,26,27,28). The number of fused-ring (bicyclic) bond motifs is 2. The fraction of sp³-hybridized carbons (Fsp3) is 0.125. The fourth-order valence-corrected chi connectivity index (χ4v) is 3.87. The Morgan fingerprint density at radius 1 is 0.967 bits per heavy atom. The molecule has 0 aliphatic carbocycles. The molecule has 2 aromatic heterocycles. The number of para-hydroxylation sites is 2. The Balaban J connectivity index is 1.41. The number of carbonyl (C=O) groups is 1. The number of amides is 1. The maximum Gasteiger partial charge on any atom is 0.223 e. The first-order valence-electron chi connectivity index (χ1n) is 9.93. The molecule has 4 aromatic rings. The Labute approximate surface area is 174 Å². The van der Waals surface area contributed by atoms with Crippen molar-refractivity contribution in [3.63, 3.8) is 0 Å². The van der Waals surface area contributed by atoms with Crippen LogP contribution in [-0.2, 0) is 11.2 Å². The maximum absolute atomic E-state index is 12.0. The largest absolute Gasteiger partial charge is 0.354 e. The smallest absolute Gasteiger partial charge is 0.223 e. The number of pyridine rings is 2. The Bertz CT molecular complexity index is 1250. The normalized spacial score (nSPS) is 12.6. The summed E-state index contributed by atoms with van der Waals surface area (Å²) in [6.07, 6.45) is 2.62. The highest BCUT2D eigenvalue weighted by molar-refractivity contribution is 5.98. The average Bonchev–Trinajstić information content (AvgIpc) is 3.20. The molecule has 0 saturated carbocycles. The predicted molar refractivity (Wildman–Crippen MR) is 121 cm³/mol. The third-order valence-corrected chi connectivity index (χ3v) is 5.27. The molecule has 6 nitrogen and oxygen atoms in total. The summed E-state index contributed by atoms with van der Waals surface area (Å²) in [7, 11) is 0. The number of aromatic nitrogens is 2. The third-order valence-electron chi connectivity index (χ3n) is 5.27. The molecule has 0 fully saturated rings. The number of nitrogens with one attached hydrogen (secondary N) is 2. The maximum atomic E-state index is 12.0. The molecule has 1 aliphatic rings. The highest BCUT2D eigenvalue weighted by atomic mass is 16.2. The molecule has 6 heteroatoms. The van der Waals surface area contributed by atoms with Crippen LogP contribution >= 0.6 is 0 Å². The summed E-state index contributed by atoms with van der Waals surface area (Å²) < 4.78 is 0. The molecular formula is C24H21N5O. The average molecular weight is 395 g/mol. The Hall–Kier alpha value is -3.93. The van der Waals surface area contributed by atoms with E-state index in [1.807, 2.05) is 65.6 Å². The van der Waals surface area contributed by atoms with Crippen LogP contribution in [-0.4, -0.2) is 22.4 Å². The lowest BCUT2D eigenvalue weighted by Crippen LogP contribution is -2.26. The highest BCUT2D eigenvalue weighted by Crippen LogP contribution is 2.37. The lowest BCUT2D eigenvalue weighted by atomic mass is 10.1. The highest BCUT2D eigenvalue weighted by Gasteiger charge is 2.25. The molecule has 0 unspecified atom stereocenters. The number of hydrogen-bond acceptors (Lipinski definition) is 5. The molecule has 30 heavy (non-hydrogen) atoms. The van der Waals surface area contributed by atoms with Crippen LogP contribution in [0.2, 0.25) is 0 Å². The van der Waals surface area contributed by atoms with Gasteiger partial charge in [0.25, 0.3) is 0 Å². The van der Waals surface area contributed by atoms with E-state index in [9.17, 15) is 4.79 Å². The Kier molecular flexibility index (Phi) is 4.52. The van der Waals surface area contributed by atoms with Crippen molar-refractivity contribution in [3.8, 4) is 0 Å². The van der Waals surface area contributed by atoms with E-state index < -0.39 is 0 Å². The van der Waals surface area contributed by atoms with Gasteiger partial charge in [0, 0.05) is 36.8 Å². The summed E-state index contributed by atoms with van der Waals surface area (Å²) in [5.74, 6) is 1.49. The monoisotopic (exact) mass is 395 g/mol. The fourth-order valence-electron chi connectivity index (χ4n) is 3.87. The van der Waals surface area contributed by atoms with Crippen molar-refractivity contribution in [2.45, 2.75) is 13.3 Å². The van der Waals surface area contributed by atoms with Crippen LogP contribution < -0.4 is 15.5 Å². The van der Waals surface area contributed by atoms with E-state index in [0.29, 0.717) is 5.82 Å². The molecule has 5 rings (SSSR count). The topological polar surface area (TPSA) is 70.2 Å². The quantitative estimate of drug-likeness (QED) is 0.507. The molecule has 3 heterocycles. The van der Waals surface area contributed by atoms with Crippen molar-refractivity contribution in [2.75, 3.05) is 22.1 Å². The van der Waals surface area contributed by atoms with Crippen LogP contribution in [0.25, 0.3) is 10.9 Å². The van der Waals surface area contributed by atoms with Crippen LogP contribution in [0.15, 0.2) is 72.9 Å². The summed E-state index contributed by atoms with van der Waals surface area (Å²) in [5.41, 5.74) is 4.88. The van der Waals surface area contributed by atoms with Crippen molar-refractivity contribution >= 4 is 45.5 Å². The van der Waals surface area contributed by atoms with Gasteiger partial charge in [-0.3, -0.25) is 4.79 Å². The summed E-state index contributed by atoms with van der Waals surface area (Å²) in [4.78, 5) is 22.9. The van der Waals surface area contributed by atoms with Crippen molar-refractivity contribution in [1.29, 1.82) is 0 Å². The molecule has 0 spiro atoms. The van der Waals surface area contributed by atoms with E-state index in [4.69, 9.17) is 0 Å². The van der Waals surface area contributed by atoms with Crippen molar-refractivity contribution in [1.82, 2.24) is 9.97 Å². The SMILES string of the molecule is CC(=O)N1CCc2cccc(Nc3ccnc(Nc4ccc5ccccc5n4)c3)c21. The molecule has 0 radical (unpaired) electrons. The second-order valence-corrected chi connectivity index (χ2v) is 7.30. The Morgan fingerprint density at radius 2 is 1.87 bits per heavy atom. The van der Waals surface area contributed by atoms with Crippen molar-refractivity contribution in [3.05, 3.63) is 78.5 Å². The minimum Gasteiger partial charge on any atom is -0.354 e. The van der Waals surface area contributed by atoms with Crippen LogP contribution in [0.4, 0.5) is 28.7 Å². The first-order chi connectivity index (χ1) is 14.7. The van der Waals surface area contributed by atoms with Gasteiger partial charge in [-0.1, -0.05) is 30.3 Å². The van der Waals surface area contributed by atoms with Crippen LogP contribution in [0.5, 0.6) is 0 Å². The number of hydrogen-bond donors (Lipinski definition) is 2. The molecule has 148 valence electrons.